The van der Waals surface area contributed by atoms with Crippen molar-refractivity contribution < 1.29 is 17.6 Å². The van der Waals surface area contributed by atoms with E-state index >= 15 is 0 Å². The second-order valence-electron chi connectivity index (χ2n) is 7.50. The quantitative estimate of drug-likeness (QED) is 0.404. The van der Waals surface area contributed by atoms with Gasteiger partial charge in [-0.15, -0.1) is 0 Å². The van der Waals surface area contributed by atoms with Gasteiger partial charge in [0.25, 0.3) is 0 Å². The van der Waals surface area contributed by atoms with Crippen molar-refractivity contribution in [3.05, 3.63) is 65.1 Å². The average molecular weight is 442 g/mol. The molecular weight excluding hydrogens is 424 g/mol. The number of aromatic amines is 1. The Bertz CT molecular complexity index is 1300. The maximum Gasteiger partial charge on any atom is 0.417 e. The van der Waals surface area contributed by atoms with Gasteiger partial charge in [0.15, 0.2) is 11.6 Å². The number of aromatic nitrogens is 4. The molecule has 164 valence electrons. The fourth-order valence-electron chi connectivity index (χ4n) is 3.89. The van der Waals surface area contributed by atoms with Crippen LogP contribution in [0.2, 0.25) is 0 Å². The molecule has 0 amide bonds. The molecule has 0 saturated heterocycles. The topological polar surface area (TPSA) is 78.5 Å². The van der Waals surface area contributed by atoms with Gasteiger partial charge in [-0.05, 0) is 37.2 Å². The Labute approximate surface area is 180 Å². The van der Waals surface area contributed by atoms with Crippen LogP contribution in [0, 0.1) is 5.82 Å². The molecular formula is C22H18F4N6. The van der Waals surface area contributed by atoms with E-state index in [1.54, 1.807) is 6.07 Å². The summed E-state index contributed by atoms with van der Waals surface area (Å²) >= 11 is 0. The standard InChI is InChI=1S/C22H18F4N6/c23-12-5-6-18-15(11-12)21(32-31-18)30-20-14-7-9-27-10-8-17(14)28-19(29-20)13-3-1-2-4-16(13)22(24,25)26/h1-6,11,27H,7-10H2,(H2,28,29,30,31,32). The number of hydrogen-bond acceptors (Lipinski definition) is 5. The maximum atomic E-state index is 13.8. The van der Waals surface area contributed by atoms with Crippen molar-refractivity contribution in [3.8, 4) is 11.4 Å². The Morgan fingerprint density at radius 3 is 2.59 bits per heavy atom. The molecule has 0 unspecified atom stereocenters. The monoisotopic (exact) mass is 442 g/mol. The van der Waals surface area contributed by atoms with Crippen LogP contribution in [0.15, 0.2) is 42.5 Å². The smallest absolute Gasteiger partial charge is 0.323 e. The van der Waals surface area contributed by atoms with Gasteiger partial charge in [-0.25, -0.2) is 14.4 Å². The van der Waals surface area contributed by atoms with Crippen molar-refractivity contribution in [3.63, 3.8) is 0 Å². The summed E-state index contributed by atoms with van der Waals surface area (Å²) in [6.45, 7) is 1.33. The van der Waals surface area contributed by atoms with Crippen LogP contribution in [0.4, 0.5) is 29.2 Å². The number of nitrogens with zero attached hydrogens (tertiary/aromatic N) is 3. The average Bonchev–Trinajstić information content (AvgIpc) is 2.99. The molecule has 0 fully saturated rings. The Morgan fingerprint density at radius 2 is 1.75 bits per heavy atom. The minimum Gasteiger partial charge on any atom is -0.323 e. The first kappa shape index (κ1) is 20.4. The highest BCUT2D eigenvalue weighted by Gasteiger charge is 2.34. The zero-order valence-electron chi connectivity index (χ0n) is 16.7. The number of halogens is 4. The maximum absolute atomic E-state index is 13.8. The predicted octanol–water partition coefficient (Wildman–Crippen LogP) is 4.61. The normalized spacial score (nSPS) is 14.2. The number of H-pyrrole nitrogens is 1. The first-order valence-electron chi connectivity index (χ1n) is 10.1. The van der Waals surface area contributed by atoms with E-state index in [1.807, 2.05) is 0 Å². The molecule has 32 heavy (non-hydrogen) atoms. The molecule has 5 rings (SSSR count). The lowest BCUT2D eigenvalue weighted by Gasteiger charge is -2.16. The van der Waals surface area contributed by atoms with E-state index in [0.29, 0.717) is 54.2 Å². The van der Waals surface area contributed by atoms with E-state index < -0.39 is 17.6 Å². The Balaban J connectivity index is 1.66. The van der Waals surface area contributed by atoms with Crippen LogP contribution in [-0.2, 0) is 19.0 Å². The van der Waals surface area contributed by atoms with Crippen LogP contribution in [0.3, 0.4) is 0 Å². The third kappa shape index (κ3) is 3.77. The lowest BCUT2D eigenvalue weighted by molar-refractivity contribution is -0.137. The Morgan fingerprint density at radius 1 is 0.938 bits per heavy atom. The molecule has 6 nitrogen and oxygen atoms in total. The molecule has 0 atom stereocenters. The molecule has 3 N–H and O–H groups in total. The number of fused-ring (bicyclic) bond motifs is 2. The van der Waals surface area contributed by atoms with Gasteiger partial charge in [-0.1, -0.05) is 18.2 Å². The molecule has 0 radical (unpaired) electrons. The highest BCUT2D eigenvalue weighted by Crippen LogP contribution is 2.37. The van der Waals surface area contributed by atoms with Crippen LogP contribution >= 0.6 is 0 Å². The minimum atomic E-state index is -4.54. The van der Waals surface area contributed by atoms with Gasteiger partial charge >= 0.3 is 6.18 Å². The van der Waals surface area contributed by atoms with Crippen molar-refractivity contribution >= 4 is 22.5 Å². The van der Waals surface area contributed by atoms with E-state index in [0.717, 1.165) is 11.6 Å². The summed E-state index contributed by atoms with van der Waals surface area (Å²) in [6.07, 6.45) is -3.41. The van der Waals surface area contributed by atoms with Gasteiger partial charge in [0.2, 0.25) is 0 Å². The zero-order chi connectivity index (χ0) is 22.3. The Kier molecular flexibility index (Phi) is 5.01. The number of alkyl halides is 3. The SMILES string of the molecule is Fc1ccc2[nH]nc(Nc3nc(-c4ccccc4C(F)(F)F)nc4c3CCNCC4)c2c1. The summed E-state index contributed by atoms with van der Waals surface area (Å²) < 4.78 is 54.7. The molecule has 0 bridgehead atoms. The molecule has 4 aromatic rings. The summed E-state index contributed by atoms with van der Waals surface area (Å²) in [4.78, 5) is 8.98. The van der Waals surface area contributed by atoms with E-state index in [1.165, 1.54) is 30.3 Å². The fourth-order valence-corrected chi connectivity index (χ4v) is 3.89. The molecule has 1 aliphatic rings. The van der Waals surface area contributed by atoms with E-state index in [2.05, 4.69) is 30.8 Å². The number of nitrogens with one attached hydrogen (secondary N) is 3. The van der Waals surface area contributed by atoms with Gasteiger partial charge in [-0.3, -0.25) is 5.10 Å². The Hall–Kier alpha value is -3.53. The first-order valence-corrected chi connectivity index (χ1v) is 10.1. The van der Waals surface area contributed by atoms with Crippen LogP contribution in [0.25, 0.3) is 22.3 Å². The highest BCUT2D eigenvalue weighted by molar-refractivity contribution is 5.91. The summed E-state index contributed by atoms with van der Waals surface area (Å²) in [7, 11) is 0. The van der Waals surface area contributed by atoms with Crippen LogP contribution in [0.1, 0.15) is 16.8 Å². The van der Waals surface area contributed by atoms with Crippen molar-refractivity contribution in [1.29, 1.82) is 0 Å². The van der Waals surface area contributed by atoms with Crippen molar-refractivity contribution in [2.75, 3.05) is 18.4 Å². The number of hydrogen-bond donors (Lipinski definition) is 3. The molecule has 0 saturated carbocycles. The van der Waals surface area contributed by atoms with E-state index in [9.17, 15) is 17.6 Å². The van der Waals surface area contributed by atoms with Gasteiger partial charge in [0, 0.05) is 29.5 Å². The zero-order valence-corrected chi connectivity index (χ0v) is 16.7. The number of anilines is 2. The molecule has 2 aromatic heterocycles. The van der Waals surface area contributed by atoms with Crippen molar-refractivity contribution in [2.24, 2.45) is 0 Å². The number of rotatable bonds is 3. The lowest BCUT2D eigenvalue weighted by Crippen LogP contribution is -2.16. The van der Waals surface area contributed by atoms with Crippen LogP contribution < -0.4 is 10.6 Å². The van der Waals surface area contributed by atoms with E-state index in [4.69, 9.17) is 0 Å². The number of benzene rings is 2. The summed E-state index contributed by atoms with van der Waals surface area (Å²) in [5.74, 6) is 0.260. The molecule has 0 spiro atoms. The minimum absolute atomic E-state index is 0.0212. The molecule has 0 aliphatic carbocycles. The lowest BCUT2D eigenvalue weighted by atomic mass is 10.0. The van der Waals surface area contributed by atoms with E-state index in [-0.39, 0.29) is 11.4 Å². The van der Waals surface area contributed by atoms with Gasteiger partial charge < -0.3 is 10.6 Å². The third-order valence-electron chi connectivity index (χ3n) is 5.42. The molecule has 3 heterocycles. The van der Waals surface area contributed by atoms with Crippen molar-refractivity contribution in [1.82, 2.24) is 25.5 Å². The summed E-state index contributed by atoms with van der Waals surface area (Å²) in [5, 5.41) is 13.9. The largest absolute Gasteiger partial charge is 0.417 e. The van der Waals surface area contributed by atoms with Gasteiger partial charge in [-0.2, -0.15) is 18.3 Å². The van der Waals surface area contributed by atoms with Gasteiger partial charge in [0.1, 0.15) is 11.6 Å². The van der Waals surface area contributed by atoms with Crippen molar-refractivity contribution in [2.45, 2.75) is 19.0 Å². The fraction of sp³-hybridized carbons (Fsp3) is 0.227. The van der Waals surface area contributed by atoms with Gasteiger partial charge in [0.05, 0.1) is 16.8 Å². The predicted molar refractivity (Wildman–Crippen MR) is 112 cm³/mol. The summed E-state index contributed by atoms with van der Waals surface area (Å²) in [6, 6.07) is 9.46. The van der Waals surface area contributed by atoms with Crippen LogP contribution in [-0.4, -0.2) is 33.3 Å². The second-order valence-corrected chi connectivity index (χ2v) is 7.50. The van der Waals surface area contributed by atoms with Crippen LogP contribution in [0.5, 0.6) is 0 Å². The second kappa shape index (κ2) is 7.86. The molecule has 2 aromatic carbocycles. The molecule has 1 aliphatic heterocycles. The summed E-state index contributed by atoms with van der Waals surface area (Å²) in [5.41, 5.74) is 1.20. The first-order chi connectivity index (χ1) is 15.4. The highest BCUT2D eigenvalue weighted by atomic mass is 19.4. The molecule has 10 heteroatoms. The third-order valence-corrected chi connectivity index (χ3v) is 5.42.